The third-order valence-electron chi connectivity index (χ3n) is 3.71. The van der Waals surface area contributed by atoms with E-state index in [-0.39, 0.29) is 25.1 Å². The van der Waals surface area contributed by atoms with Crippen molar-refractivity contribution < 1.29 is 56.3 Å². The van der Waals surface area contributed by atoms with Crippen LogP contribution in [0.5, 0.6) is 0 Å². The van der Waals surface area contributed by atoms with Gasteiger partial charge in [-0.05, 0) is 6.07 Å². The van der Waals surface area contributed by atoms with Gasteiger partial charge < -0.3 is 35.2 Å². The maximum absolute atomic E-state index is 12.2. The minimum Gasteiger partial charge on any atom is -0.387 e. The number of anilines is 1. The lowest BCUT2D eigenvalue weighted by molar-refractivity contribution is -0.230. The average molecular weight is 495 g/mol. The molecule has 0 amide bonds. The van der Waals surface area contributed by atoms with Crippen molar-refractivity contribution in [3.63, 3.8) is 0 Å². The Morgan fingerprint density at radius 2 is 1.90 bits per heavy atom. The fraction of sp³-hybridized carbons (Fsp3) is 0.636. The highest BCUT2D eigenvalue weighted by atomic mass is 31.3. The molecule has 1 fully saturated rings. The lowest BCUT2D eigenvalue weighted by atomic mass is 10.0. The van der Waals surface area contributed by atoms with Crippen molar-refractivity contribution in [2.75, 3.05) is 5.73 Å². The van der Waals surface area contributed by atoms with E-state index in [4.69, 9.17) is 24.8 Å². The van der Waals surface area contributed by atoms with Crippen LogP contribution < -0.4 is 11.4 Å². The molecule has 16 nitrogen and oxygen atoms in total. The largest absolute Gasteiger partial charge is 0.490 e. The van der Waals surface area contributed by atoms with Crippen molar-refractivity contribution in [1.82, 2.24) is 9.55 Å². The molecule has 2 unspecified atom stereocenters. The zero-order valence-corrected chi connectivity index (χ0v) is 17.9. The van der Waals surface area contributed by atoms with Gasteiger partial charge in [0.15, 0.2) is 0 Å². The summed E-state index contributed by atoms with van der Waals surface area (Å²) >= 11 is 0. The van der Waals surface area contributed by atoms with Crippen molar-refractivity contribution in [1.29, 1.82) is 0 Å². The Labute approximate surface area is 168 Å². The molecule has 0 saturated carbocycles. The minimum absolute atomic E-state index is 0.0807. The molecule has 172 valence electrons. The molecule has 1 aromatic rings. The summed E-state index contributed by atoms with van der Waals surface area (Å²) in [7, 11) is -16.9. The summed E-state index contributed by atoms with van der Waals surface area (Å²) < 4.78 is 53.0. The van der Waals surface area contributed by atoms with E-state index in [0.717, 1.165) is 4.57 Å². The van der Waals surface area contributed by atoms with Crippen LogP contribution in [0, 0.1) is 0 Å². The number of ether oxygens (including phenoxy) is 1. The molecule has 0 aliphatic carbocycles. The van der Waals surface area contributed by atoms with Gasteiger partial charge in [0.2, 0.25) is 5.79 Å². The molecule has 0 bridgehead atoms. The highest BCUT2D eigenvalue weighted by molar-refractivity contribution is 7.66. The number of rotatable bonds is 9. The van der Waals surface area contributed by atoms with Gasteiger partial charge in [-0.2, -0.15) is 13.6 Å². The summed E-state index contributed by atoms with van der Waals surface area (Å²) in [5, 5.41) is 10.4. The van der Waals surface area contributed by atoms with Gasteiger partial charge in [0.25, 0.3) is 0 Å². The number of nitrogen functional groups attached to an aromatic ring is 1. The van der Waals surface area contributed by atoms with Gasteiger partial charge in [0.05, 0.1) is 0 Å². The van der Waals surface area contributed by atoms with Crippen molar-refractivity contribution in [2.24, 2.45) is 0 Å². The summed E-state index contributed by atoms with van der Waals surface area (Å²) in [6.45, 7) is 1.59. The fourth-order valence-corrected chi connectivity index (χ4v) is 6.02. The molecule has 2 heterocycles. The van der Waals surface area contributed by atoms with Crippen LogP contribution in [0.3, 0.4) is 0 Å². The zero-order valence-electron chi connectivity index (χ0n) is 15.2. The van der Waals surface area contributed by atoms with Gasteiger partial charge in [-0.15, -0.1) is 0 Å². The number of phosphoric ester groups is 1. The molecule has 30 heavy (non-hydrogen) atoms. The first kappa shape index (κ1) is 25.3. The number of hydrogen-bond donors (Lipinski definition) is 6. The molecule has 1 aromatic heterocycles. The summed E-state index contributed by atoms with van der Waals surface area (Å²) in [5.41, 5.74) is 4.55. The van der Waals surface area contributed by atoms with Gasteiger partial charge in [-0.1, -0.05) is 13.3 Å². The van der Waals surface area contributed by atoms with Crippen LogP contribution in [0.2, 0.25) is 0 Å². The third kappa shape index (κ3) is 6.50. The highest BCUT2D eigenvalue weighted by Gasteiger charge is 2.55. The first-order valence-electron chi connectivity index (χ1n) is 8.13. The smallest absolute Gasteiger partial charge is 0.387 e. The van der Waals surface area contributed by atoms with Crippen LogP contribution >= 0.6 is 23.5 Å². The molecule has 19 heteroatoms. The maximum atomic E-state index is 12.2. The number of nitrogens with two attached hydrogens (primary N) is 1. The first-order valence-corrected chi connectivity index (χ1v) is 12.7. The topological polar surface area (TPSA) is 250 Å². The predicted octanol–water partition coefficient (Wildman–Crippen LogP) is -0.0550. The molecule has 0 radical (unpaired) electrons. The zero-order chi connectivity index (χ0) is 23.0. The second kappa shape index (κ2) is 8.87. The summed E-state index contributed by atoms with van der Waals surface area (Å²) in [4.78, 5) is 51.7. The Morgan fingerprint density at radius 3 is 2.43 bits per heavy atom. The molecule has 1 aliphatic rings. The Bertz CT molecular complexity index is 979. The van der Waals surface area contributed by atoms with Crippen molar-refractivity contribution in [2.45, 2.75) is 44.3 Å². The van der Waals surface area contributed by atoms with E-state index in [1.807, 2.05) is 0 Å². The van der Waals surface area contributed by atoms with Crippen LogP contribution in [-0.2, 0) is 31.6 Å². The molecule has 1 saturated heterocycles. The van der Waals surface area contributed by atoms with Crippen LogP contribution in [0.4, 0.5) is 5.82 Å². The van der Waals surface area contributed by atoms with E-state index in [1.54, 1.807) is 6.92 Å². The number of aliphatic hydroxyl groups excluding tert-OH is 1. The van der Waals surface area contributed by atoms with Gasteiger partial charge in [0, 0.05) is 19.0 Å². The van der Waals surface area contributed by atoms with Gasteiger partial charge in [-0.3, -0.25) is 9.09 Å². The number of nitrogens with zero attached hydrogens (tertiary/aromatic N) is 2. The monoisotopic (exact) mass is 495 g/mol. The van der Waals surface area contributed by atoms with E-state index in [1.165, 1.54) is 12.3 Å². The molecule has 0 aromatic carbocycles. The molecular weight excluding hydrogens is 475 g/mol. The third-order valence-corrected chi connectivity index (χ3v) is 7.58. The standard InChI is InChI=1S/C11H20N3O13P3/c1-2-4-11(25-29(20,21)27-30(22,23)26-28(17,18)19)7(15)6-9(24-11)14-5-3-8(12)13-10(14)16/h3,5,7,9,15H,2,4,6H2,1H3,(H,20,21)(H,22,23)(H2,12,13,16)(H2,17,18,19)/t7-,9+,11+/m0/s1. The second-order valence-corrected chi connectivity index (χ2v) is 10.5. The minimum atomic E-state index is -5.77. The number of aromatic nitrogens is 2. The van der Waals surface area contributed by atoms with Crippen molar-refractivity contribution in [3.05, 3.63) is 22.7 Å². The molecular formula is C11H20N3O13P3. The second-order valence-electron chi connectivity index (χ2n) is 6.11. The number of aliphatic hydroxyl groups is 1. The lowest BCUT2D eigenvalue weighted by Gasteiger charge is -2.32. The van der Waals surface area contributed by atoms with Crippen LogP contribution in [0.15, 0.2) is 17.1 Å². The SMILES string of the molecule is CCC[C@]1(OP(=O)(O)OP(=O)(O)OP(=O)(O)O)O[C@@H](n2ccc(N)nc2=O)C[C@@H]1O. The maximum Gasteiger partial charge on any atom is 0.490 e. The molecule has 0 spiro atoms. The van der Waals surface area contributed by atoms with E-state index in [2.05, 4.69) is 13.6 Å². The first-order chi connectivity index (χ1) is 13.6. The van der Waals surface area contributed by atoms with Crippen molar-refractivity contribution >= 4 is 29.3 Å². The highest BCUT2D eigenvalue weighted by Crippen LogP contribution is 2.68. The average Bonchev–Trinajstić information content (AvgIpc) is 2.79. The Morgan fingerprint density at radius 1 is 1.27 bits per heavy atom. The fourth-order valence-electron chi connectivity index (χ4n) is 2.74. The Hall–Kier alpha value is -0.990. The number of phosphoric acid groups is 3. The van der Waals surface area contributed by atoms with E-state index >= 15 is 0 Å². The van der Waals surface area contributed by atoms with Gasteiger partial charge >= 0.3 is 29.2 Å². The van der Waals surface area contributed by atoms with E-state index in [9.17, 15) is 33.4 Å². The predicted molar refractivity (Wildman–Crippen MR) is 96.2 cm³/mol. The molecule has 7 N–H and O–H groups in total. The van der Waals surface area contributed by atoms with Gasteiger partial charge in [0.1, 0.15) is 18.1 Å². The quantitative estimate of drug-likeness (QED) is 0.246. The van der Waals surface area contributed by atoms with E-state index in [0.29, 0.717) is 0 Å². The van der Waals surface area contributed by atoms with Crippen molar-refractivity contribution in [3.8, 4) is 0 Å². The van der Waals surface area contributed by atoms with E-state index < -0.39 is 47.3 Å². The summed E-state index contributed by atoms with van der Waals surface area (Å²) in [6.07, 6.45) is -2.01. The van der Waals surface area contributed by atoms with Crippen LogP contribution in [0.1, 0.15) is 32.4 Å². The summed E-state index contributed by atoms with van der Waals surface area (Å²) in [6, 6.07) is 1.26. The van der Waals surface area contributed by atoms with Gasteiger partial charge in [-0.25, -0.2) is 18.5 Å². The molecule has 5 atom stereocenters. The normalized spacial score (nSPS) is 28.7. The number of hydrogen-bond acceptors (Lipinski definition) is 11. The molecule has 1 aliphatic heterocycles. The Balaban J connectivity index is 2.29. The van der Waals surface area contributed by atoms with Crippen LogP contribution in [-0.4, -0.2) is 46.1 Å². The lowest BCUT2D eigenvalue weighted by Crippen LogP contribution is -2.41. The molecule has 2 rings (SSSR count). The Kier molecular flexibility index (Phi) is 7.47. The summed E-state index contributed by atoms with van der Waals surface area (Å²) in [5.74, 6) is -2.37. The van der Waals surface area contributed by atoms with Crippen LogP contribution in [0.25, 0.3) is 0 Å².